The number of carbonyl (C=O) groups excluding carboxylic acids is 1. The highest BCUT2D eigenvalue weighted by Crippen LogP contribution is 2.18. The number of nitrogen functional groups attached to an aromatic ring is 1. The summed E-state index contributed by atoms with van der Waals surface area (Å²) in [5.41, 5.74) is 9.03. The SMILES string of the molecule is CCn1cc(N)cc1C(=O)N(C)c1ccc(C)cc1. The van der Waals surface area contributed by atoms with Crippen molar-refractivity contribution in [3.05, 3.63) is 47.8 Å². The summed E-state index contributed by atoms with van der Waals surface area (Å²) in [4.78, 5) is 14.1. The quantitative estimate of drug-likeness (QED) is 0.919. The van der Waals surface area contributed by atoms with Crippen molar-refractivity contribution < 1.29 is 4.79 Å². The van der Waals surface area contributed by atoms with Crippen LogP contribution < -0.4 is 10.6 Å². The van der Waals surface area contributed by atoms with Crippen LogP contribution in [0.2, 0.25) is 0 Å². The maximum absolute atomic E-state index is 12.5. The van der Waals surface area contributed by atoms with E-state index in [1.807, 2.05) is 42.7 Å². The molecule has 0 aliphatic heterocycles. The van der Waals surface area contributed by atoms with Crippen molar-refractivity contribution >= 4 is 17.3 Å². The van der Waals surface area contributed by atoms with Crippen LogP contribution >= 0.6 is 0 Å². The Bertz CT molecular complexity index is 584. The van der Waals surface area contributed by atoms with Crippen LogP contribution in [0.15, 0.2) is 36.5 Å². The number of nitrogens with zero attached hydrogens (tertiary/aromatic N) is 2. The fourth-order valence-electron chi connectivity index (χ4n) is 2.03. The number of hydrogen-bond donors (Lipinski definition) is 1. The number of anilines is 2. The highest BCUT2D eigenvalue weighted by molar-refractivity contribution is 6.05. The van der Waals surface area contributed by atoms with Crippen LogP contribution in [-0.4, -0.2) is 17.5 Å². The van der Waals surface area contributed by atoms with Crippen LogP contribution in [0.25, 0.3) is 0 Å². The van der Waals surface area contributed by atoms with Crippen molar-refractivity contribution in [2.24, 2.45) is 0 Å². The van der Waals surface area contributed by atoms with Gasteiger partial charge in [0.2, 0.25) is 0 Å². The molecule has 0 spiro atoms. The van der Waals surface area contributed by atoms with Crippen molar-refractivity contribution in [1.29, 1.82) is 0 Å². The van der Waals surface area contributed by atoms with Crippen LogP contribution in [0, 0.1) is 6.92 Å². The summed E-state index contributed by atoms with van der Waals surface area (Å²) < 4.78 is 1.86. The van der Waals surface area contributed by atoms with Gasteiger partial charge < -0.3 is 15.2 Å². The topological polar surface area (TPSA) is 51.3 Å². The summed E-state index contributed by atoms with van der Waals surface area (Å²) in [7, 11) is 1.77. The molecule has 0 fully saturated rings. The lowest BCUT2D eigenvalue weighted by Gasteiger charge is -2.18. The average molecular weight is 257 g/mol. The Morgan fingerprint density at radius 3 is 2.53 bits per heavy atom. The van der Waals surface area contributed by atoms with E-state index in [1.54, 1.807) is 24.2 Å². The Morgan fingerprint density at radius 2 is 1.95 bits per heavy atom. The van der Waals surface area contributed by atoms with Gasteiger partial charge in [-0.25, -0.2) is 0 Å². The lowest BCUT2D eigenvalue weighted by Crippen LogP contribution is -2.28. The minimum Gasteiger partial charge on any atom is -0.397 e. The Labute approximate surface area is 113 Å². The van der Waals surface area contributed by atoms with Crippen molar-refractivity contribution in [2.75, 3.05) is 17.7 Å². The van der Waals surface area contributed by atoms with Crippen LogP contribution in [0.5, 0.6) is 0 Å². The Balaban J connectivity index is 2.30. The minimum atomic E-state index is -0.0533. The number of hydrogen-bond acceptors (Lipinski definition) is 2. The predicted octanol–water partition coefficient (Wildman–Crippen LogP) is 2.68. The van der Waals surface area contributed by atoms with Gasteiger partial charge in [-0.05, 0) is 32.0 Å². The molecule has 19 heavy (non-hydrogen) atoms. The van der Waals surface area contributed by atoms with Crippen LogP contribution in [0.3, 0.4) is 0 Å². The lowest BCUT2D eigenvalue weighted by molar-refractivity contribution is 0.0984. The molecule has 1 heterocycles. The first kappa shape index (κ1) is 13.2. The molecule has 0 aliphatic carbocycles. The number of nitrogens with two attached hydrogens (primary N) is 1. The molecule has 1 aromatic heterocycles. The van der Waals surface area contributed by atoms with Crippen molar-refractivity contribution in [2.45, 2.75) is 20.4 Å². The first-order chi connectivity index (χ1) is 9.02. The molecule has 2 N–H and O–H groups in total. The zero-order chi connectivity index (χ0) is 14.0. The van der Waals surface area contributed by atoms with E-state index < -0.39 is 0 Å². The lowest BCUT2D eigenvalue weighted by atomic mass is 10.2. The second kappa shape index (κ2) is 5.18. The highest BCUT2D eigenvalue weighted by Gasteiger charge is 2.17. The third-order valence-corrected chi connectivity index (χ3v) is 3.20. The Kier molecular flexibility index (Phi) is 3.60. The smallest absolute Gasteiger partial charge is 0.274 e. The largest absolute Gasteiger partial charge is 0.397 e. The molecule has 1 aromatic carbocycles. The molecule has 0 atom stereocenters. The molecule has 2 aromatic rings. The fraction of sp³-hybridized carbons (Fsp3) is 0.267. The van der Waals surface area contributed by atoms with Crippen LogP contribution in [-0.2, 0) is 6.54 Å². The summed E-state index contributed by atoms with van der Waals surface area (Å²) in [5, 5.41) is 0. The van der Waals surface area contributed by atoms with Gasteiger partial charge in [0.1, 0.15) is 5.69 Å². The molecule has 4 nitrogen and oxygen atoms in total. The van der Waals surface area contributed by atoms with Gasteiger partial charge in [0, 0.05) is 25.5 Å². The summed E-state index contributed by atoms with van der Waals surface area (Å²) in [5.74, 6) is -0.0533. The summed E-state index contributed by atoms with van der Waals surface area (Å²) in [6, 6.07) is 9.58. The molecule has 0 aliphatic rings. The summed E-state index contributed by atoms with van der Waals surface area (Å²) in [6.07, 6.45) is 1.79. The molecule has 0 radical (unpaired) electrons. The summed E-state index contributed by atoms with van der Waals surface area (Å²) >= 11 is 0. The van der Waals surface area contributed by atoms with Crippen molar-refractivity contribution in [3.63, 3.8) is 0 Å². The van der Waals surface area contributed by atoms with Gasteiger partial charge in [-0.2, -0.15) is 0 Å². The van der Waals surface area contributed by atoms with Gasteiger partial charge in [0.25, 0.3) is 5.91 Å². The van der Waals surface area contributed by atoms with Crippen molar-refractivity contribution in [1.82, 2.24) is 4.57 Å². The first-order valence-electron chi connectivity index (χ1n) is 6.33. The zero-order valence-corrected chi connectivity index (χ0v) is 11.6. The molecule has 1 amide bonds. The molecule has 100 valence electrons. The second-order valence-electron chi connectivity index (χ2n) is 4.64. The van der Waals surface area contributed by atoms with E-state index in [4.69, 9.17) is 5.73 Å². The van der Waals surface area contributed by atoms with E-state index in [9.17, 15) is 4.79 Å². The predicted molar refractivity (Wildman–Crippen MR) is 78.4 cm³/mol. The molecular formula is C15H19N3O. The maximum atomic E-state index is 12.5. The standard InChI is InChI=1S/C15H19N3O/c1-4-18-10-12(16)9-14(18)15(19)17(3)13-7-5-11(2)6-8-13/h5-10H,4,16H2,1-3H3. The van der Waals surface area contributed by atoms with Crippen LogP contribution in [0.1, 0.15) is 23.0 Å². The number of aryl methyl sites for hydroxylation is 2. The number of aromatic nitrogens is 1. The molecular weight excluding hydrogens is 238 g/mol. The number of rotatable bonds is 3. The molecule has 0 bridgehead atoms. The van der Waals surface area contributed by atoms with Gasteiger partial charge >= 0.3 is 0 Å². The highest BCUT2D eigenvalue weighted by atomic mass is 16.2. The van der Waals surface area contributed by atoms with Gasteiger partial charge in [-0.3, -0.25) is 4.79 Å². The number of amides is 1. The molecule has 2 rings (SSSR count). The van der Waals surface area contributed by atoms with Gasteiger partial charge in [-0.1, -0.05) is 17.7 Å². The van der Waals surface area contributed by atoms with E-state index >= 15 is 0 Å². The monoisotopic (exact) mass is 257 g/mol. The molecule has 0 unspecified atom stereocenters. The molecule has 4 heteroatoms. The van der Waals surface area contributed by atoms with E-state index in [0.717, 1.165) is 12.2 Å². The molecule has 0 saturated heterocycles. The zero-order valence-electron chi connectivity index (χ0n) is 11.6. The van der Waals surface area contributed by atoms with E-state index in [1.165, 1.54) is 5.56 Å². The van der Waals surface area contributed by atoms with E-state index in [-0.39, 0.29) is 5.91 Å². The minimum absolute atomic E-state index is 0.0533. The van der Waals surface area contributed by atoms with Gasteiger partial charge in [0.15, 0.2) is 0 Å². The Hall–Kier alpha value is -2.23. The second-order valence-corrected chi connectivity index (χ2v) is 4.64. The third kappa shape index (κ3) is 2.62. The normalized spacial score (nSPS) is 10.5. The van der Waals surface area contributed by atoms with E-state index in [2.05, 4.69) is 0 Å². The molecule has 0 saturated carbocycles. The van der Waals surface area contributed by atoms with E-state index in [0.29, 0.717) is 11.4 Å². The van der Waals surface area contributed by atoms with Crippen molar-refractivity contribution in [3.8, 4) is 0 Å². The van der Waals surface area contributed by atoms with Gasteiger partial charge in [-0.15, -0.1) is 0 Å². The Morgan fingerprint density at radius 1 is 1.32 bits per heavy atom. The number of carbonyl (C=O) groups is 1. The van der Waals surface area contributed by atoms with Crippen LogP contribution in [0.4, 0.5) is 11.4 Å². The van der Waals surface area contributed by atoms with Gasteiger partial charge in [0.05, 0.1) is 5.69 Å². The maximum Gasteiger partial charge on any atom is 0.274 e. The summed E-state index contributed by atoms with van der Waals surface area (Å²) in [6.45, 7) is 4.73. The fourth-order valence-corrected chi connectivity index (χ4v) is 2.03. The number of benzene rings is 1. The average Bonchev–Trinajstić information content (AvgIpc) is 2.79. The first-order valence-corrected chi connectivity index (χ1v) is 6.33. The third-order valence-electron chi connectivity index (χ3n) is 3.20.